The Morgan fingerprint density at radius 1 is 0.931 bits per heavy atom. The molecule has 0 saturated carbocycles. The van der Waals surface area contributed by atoms with Crippen LogP contribution >= 0.6 is 0 Å². The van der Waals surface area contributed by atoms with Crippen molar-refractivity contribution in [1.29, 1.82) is 0 Å². The molecule has 156 valence electrons. The van der Waals surface area contributed by atoms with E-state index >= 15 is 0 Å². The molecule has 1 fully saturated rings. The molecule has 0 bridgehead atoms. The van der Waals surface area contributed by atoms with Crippen LogP contribution in [0.1, 0.15) is 25.0 Å². The zero-order valence-corrected chi connectivity index (χ0v) is 17.1. The summed E-state index contributed by atoms with van der Waals surface area (Å²) in [5.41, 5.74) is 2.18. The molecule has 29 heavy (non-hydrogen) atoms. The Morgan fingerprint density at radius 2 is 1.55 bits per heavy atom. The van der Waals surface area contributed by atoms with Crippen LogP contribution in [-0.4, -0.2) is 42.4 Å². The fourth-order valence-electron chi connectivity index (χ4n) is 3.37. The van der Waals surface area contributed by atoms with Crippen molar-refractivity contribution in [3.05, 3.63) is 83.9 Å². The summed E-state index contributed by atoms with van der Waals surface area (Å²) in [6.07, 6.45) is 2.50. The van der Waals surface area contributed by atoms with E-state index in [-0.39, 0.29) is 24.9 Å². The Hall–Kier alpha value is -2.02. The second-order valence-electron chi connectivity index (χ2n) is 7.51. The van der Waals surface area contributed by atoms with Crippen molar-refractivity contribution < 1.29 is 24.1 Å². The van der Waals surface area contributed by atoms with Crippen LogP contribution in [0.2, 0.25) is 0 Å². The molecule has 0 amide bonds. The second-order valence-corrected chi connectivity index (χ2v) is 7.51. The minimum atomic E-state index is -0.780. The van der Waals surface area contributed by atoms with Crippen molar-refractivity contribution in [1.82, 2.24) is 0 Å². The van der Waals surface area contributed by atoms with Gasteiger partial charge in [0.2, 0.25) is 0 Å². The predicted octanol–water partition coefficient (Wildman–Crippen LogP) is 3.86. The van der Waals surface area contributed by atoms with Gasteiger partial charge in [0.1, 0.15) is 18.3 Å². The van der Waals surface area contributed by atoms with Gasteiger partial charge in [-0.3, -0.25) is 0 Å². The van der Waals surface area contributed by atoms with Crippen LogP contribution in [0.15, 0.2) is 72.8 Å². The molecular weight excluding hydrogens is 368 g/mol. The number of aliphatic hydroxyl groups is 1. The third-order valence-corrected chi connectivity index (χ3v) is 4.66. The minimum absolute atomic E-state index is 0.0538. The maximum Gasteiger partial charge on any atom is 0.164 e. The lowest BCUT2D eigenvalue weighted by molar-refractivity contribution is -0.336. The van der Waals surface area contributed by atoms with Crippen molar-refractivity contribution in [3.8, 4) is 0 Å². The smallest absolute Gasteiger partial charge is 0.164 e. The molecule has 0 aliphatic carbocycles. The van der Waals surface area contributed by atoms with Gasteiger partial charge >= 0.3 is 0 Å². The fourth-order valence-corrected chi connectivity index (χ4v) is 3.37. The number of ether oxygens (including phenoxy) is 4. The van der Waals surface area contributed by atoms with Gasteiger partial charge in [-0.2, -0.15) is 0 Å². The molecule has 5 heteroatoms. The van der Waals surface area contributed by atoms with E-state index in [4.69, 9.17) is 18.9 Å². The molecule has 5 nitrogen and oxygen atoms in total. The third-order valence-electron chi connectivity index (χ3n) is 4.66. The van der Waals surface area contributed by atoms with E-state index in [1.165, 1.54) is 0 Å². The topological polar surface area (TPSA) is 57.2 Å². The normalized spacial score (nSPS) is 24.0. The molecule has 0 unspecified atom stereocenters. The largest absolute Gasteiger partial charge is 0.392 e. The van der Waals surface area contributed by atoms with Gasteiger partial charge in [0.05, 0.1) is 26.4 Å². The summed E-state index contributed by atoms with van der Waals surface area (Å²) < 4.78 is 24.4. The Bertz CT molecular complexity index is 744. The van der Waals surface area contributed by atoms with E-state index in [2.05, 4.69) is 0 Å². The highest BCUT2D eigenvalue weighted by Crippen LogP contribution is 2.30. The summed E-state index contributed by atoms with van der Waals surface area (Å²) in [7, 11) is 0. The van der Waals surface area contributed by atoms with Gasteiger partial charge < -0.3 is 24.1 Å². The number of hydrogen-bond donors (Lipinski definition) is 1. The molecular formula is C24H30O5. The van der Waals surface area contributed by atoms with Crippen LogP contribution < -0.4 is 0 Å². The molecule has 1 aliphatic heterocycles. The first-order valence-corrected chi connectivity index (χ1v) is 9.98. The predicted molar refractivity (Wildman–Crippen MR) is 111 cm³/mol. The molecule has 2 aromatic rings. The van der Waals surface area contributed by atoms with Crippen molar-refractivity contribution in [2.24, 2.45) is 0 Å². The molecule has 1 saturated heterocycles. The molecule has 3 rings (SSSR count). The van der Waals surface area contributed by atoms with Gasteiger partial charge in [-0.1, -0.05) is 72.8 Å². The van der Waals surface area contributed by atoms with Crippen LogP contribution in [0.3, 0.4) is 0 Å². The summed E-state index contributed by atoms with van der Waals surface area (Å²) >= 11 is 0. The van der Waals surface area contributed by atoms with Gasteiger partial charge in [-0.05, 0) is 25.0 Å². The summed E-state index contributed by atoms with van der Waals surface area (Å²) in [4.78, 5) is 0. The minimum Gasteiger partial charge on any atom is -0.392 e. The standard InChI is InChI=1S/C24H30O5/c1-24(2)28-21(14-9-15-25)23(27-17-20-12-7-4-8-13-20)22(29-24)18-26-16-19-10-5-3-6-11-19/h3-14,21-23,25H,15-18H2,1-2H3/b14-9+/t21-,22+,23-/m0/s1. The fraction of sp³-hybridized carbons (Fsp3) is 0.417. The summed E-state index contributed by atoms with van der Waals surface area (Å²) in [5.74, 6) is -0.780. The number of hydrogen-bond acceptors (Lipinski definition) is 5. The van der Waals surface area contributed by atoms with Gasteiger partial charge in [-0.15, -0.1) is 0 Å². The SMILES string of the molecule is CC1(C)O[C@@H](/C=C/CO)[C@H](OCc2ccccc2)[C@@H](COCc2ccccc2)O1. The zero-order chi connectivity index (χ0) is 20.5. The first-order chi connectivity index (χ1) is 14.1. The lowest BCUT2D eigenvalue weighted by atomic mass is 10.0. The molecule has 0 spiro atoms. The molecule has 1 N–H and O–H groups in total. The molecule has 3 atom stereocenters. The first-order valence-electron chi connectivity index (χ1n) is 9.98. The number of aliphatic hydroxyl groups excluding tert-OH is 1. The van der Waals surface area contributed by atoms with Crippen LogP contribution in [0.4, 0.5) is 0 Å². The van der Waals surface area contributed by atoms with Crippen LogP contribution in [-0.2, 0) is 32.2 Å². The average Bonchev–Trinajstić information content (AvgIpc) is 2.72. The highest BCUT2D eigenvalue weighted by molar-refractivity contribution is 5.14. The molecule has 0 aromatic heterocycles. The Kier molecular flexibility index (Phi) is 7.98. The van der Waals surface area contributed by atoms with E-state index in [0.29, 0.717) is 19.8 Å². The number of benzene rings is 2. The molecule has 0 radical (unpaired) electrons. The lowest BCUT2D eigenvalue weighted by Crippen LogP contribution is -2.56. The average molecular weight is 398 g/mol. The van der Waals surface area contributed by atoms with Crippen molar-refractivity contribution in [2.75, 3.05) is 13.2 Å². The lowest BCUT2D eigenvalue weighted by Gasteiger charge is -2.44. The van der Waals surface area contributed by atoms with E-state index in [1.54, 1.807) is 6.08 Å². The highest BCUT2D eigenvalue weighted by Gasteiger charge is 2.43. The summed E-state index contributed by atoms with van der Waals surface area (Å²) in [5, 5.41) is 9.22. The van der Waals surface area contributed by atoms with Crippen LogP contribution in [0, 0.1) is 0 Å². The van der Waals surface area contributed by atoms with Crippen molar-refractivity contribution in [3.63, 3.8) is 0 Å². The summed E-state index contributed by atoms with van der Waals surface area (Å²) in [6, 6.07) is 20.0. The maximum absolute atomic E-state index is 9.22. The highest BCUT2D eigenvalue weighted by atomic mass is 16.7. The monoisotopic (exact) mass is 398 g/mol. The van der Waals surface area contributed by atoms with Gasteiger partial charge in [0.25, 0.3) is 0 Å². The first kappa shape index (κ1) is 21.7. The van der Waals surface area contributed by atoms with Crippen LogP contribution in [0.25, 0.3) is 0 Å². The Morgan fingerprint density at radius 3 is 2.17 bits per heavy atom. The Labute approximate surface area is 172 Å². The van der Waals surface area contributed by atoms with Crippen LogP contribution in [0.5, 0.6) is 0 Å². The van der Waals surface area contributed by atoms with Crippen molar-refractivity contribution >= 4 is 0 Å². The quantitative estimate of drug-likeness (QED) is 0.650. The van der Waals surface area contributed by atoms with Crippen molar-refractivity contribution in [2.45, 2.75) is 51.2 Å². The third kappa shape index (κ3) is 6.77. The molecule has 1 heterocycles. The van der Waals surface area contributed by atoms with Gasteiger partial charge in [0.15, 0.2) is 5.79 Å². The van der Waals surface area contributed by atoms with Gasteiger partial charge in [0, 0.05) is 0 Å². The van der Waals surface area contributed by atoms with E-state index in [9.17, 15) is 5.11 Å². The van der Waals surface area contributed by atoms with E-state index in [0.717, 1.165) is 11.1 Å². The zero-order valence-electron chi connectivity index (χ0n) is 17.1. The molecule has 2 aromatic carbocycles. The van der Waals surface area contributed by atoms with Gasteiger partial charge in [-0.25, -0.2) is 0 Å². The summed E-state index contributed by atoms with van der Waals surface area (Å²) in [6.45, 7) is 5.03. The van der Waals surface area contributed by atoms with E-state index in [1.807, 2.05) is 80.6 Å². The second kappa shape index (κ2) is 10.7. The molecule has 1 aliphatic rings. The Balaban J connectivity index is 1.69. The van der Waals surface area contributed by atoms with E-state index < -0.39 is 5.79 Å². The number of rotatable bonds is 9. The maximum atomic E-state index is 9.22.